The maximum Gasteiger partial charge on any atom is 0.257 e. The standard InChI is InChI=1S/C24H33N5O2S/c1-4-31-22-15-19(6-8-21(22)29-13-11-26-12-14-29)9-10-27-23(30)18(3)32-24-20(16-25)7-5-17(2)28-24/h5-8,15,26H,3-4,9-14,16,25H2,1-2H3,(H,27,30). The Kier molecular flexibility index (Phi) is 8.96. The summed E-state index contributed by atoms with van der Waals surface area (Å²) in [5, 5.41) is 7.07. The molecule has 1 aromatic heterocycles. The van der Waals surface area contributed by atoms with Crippen LogP contribution < -0.4 is 26.0 Å². The van der Waals surface area contributed by atoms with E-state index in [0.717, 1.165) is 59.5 Å². The van der Waals surface area contributed by atoms with Crippen molar-refractivity contribution in [2.45, 2.75) is 31.8 Å². The Morgan fingerprint density at radius 3 is 2.81 bits per heavy atom. The number of aryl methyl sites for hydroxylation is 1. The number of aromatic nitrogens is 1. The maximum atomic E-state index is 12.5. The van der Waals surface area contributed by atoms with Crippen molar-refractivity contribution in [2.24, 2.45) is 5.73 Å². The molecule has 0 unspecified atom stereocenters. The lowest BCUT2D eigenvalue weighted by Gasteiger charge is -2.31. The van der Waals surface area contributed by atoms with Gasteiger partial charge in [-0.15, -0.1) is 0 Å². The number of carbonyl (C=O) groups is 1. The zero-order valence-corrected chi connectivity index (χ0v) is 19.8. The van der Waals surface area contributed by atoms with Crippen LogP contribution in [0.4, 0.5) is 5.69 Å². The van der Waals surface area contributed by atoms with Crippen LogP contribution in [-0.4, -0.2) is 50.2 Å². The summed E-state index contributed by atoms with van der Waals surface area (Å²) in [6.45, 7) is 13.2. The molecule has 1 fully saturated rings. The predicted octanol–water partition coefficient (Wildman–Crippen LogP) is 2.62. The van der Waals surface area contributed by atoms with Crippen molar-refractivity contribution in [2.75, 3.05) is 44.2 Å². The lowest BCUT2D eigenvalue weighted by Crippen LogP contribution is -2.43. The number of ether oxygens (including phenoxy) is 1. The maximum absolute atomic E-state index is 12.5. The highest BCUT2D eigenvalue weighted by Crippen LogP contribution is 2.30. The second kappa shape index (κ2) is 11.9. The van der Waals surface area contributed by atoms with Crippen LogP contribution in [0, 0.1) is 6.92 Å². The number of hydrogen-bond donors (Lipinski definition) is 3. The second-order valence-corrected chi connectivity index (χ2v) is 8.71. The van der Waals surface area contributed by atoms with Crippen molar-refractivity contribution >= 4 is 23.4 Å². The number of nitrogens with one attached hydrogen (secondary N) is 2. The fourth-order valence-corrected chi connectivity index (χ4v) is 4.41. The quantitative estimate of drug-likeness (QED) is 0.375. The van der Waals surface area contributed by atoms with E-state index in [9.17, 15) is 4.79 Å². The molecule has 2 heterocycles. The number of nitrogens with two attached hydrogens (primary N) is 1. The van der Waals surface area contributed by atoms with Crippen LogP contribution in [0.5, 0.6) is 5.75 Å². The smallest absolute Gasteiger partial charge is 0.257 e. The molecule has 0 bridgehead atoms. The predicted molar refractivity (Wildman–Crippen MR) is 131 cm³/mol. The largest absolute Gasteiger partial charge is 0.492 e. The van der Waals surface area contributed by atoms with Crippen molar-refractivity contribution in [1.82, 2.24) is 15.6 Å². The summed E-state index contributed by atoms with van der Waals surface area (Å²) < 4.78 is 5.91. The summed E-state index contributed by atoms with van der Waals surface area (Å²) >= 11 is 1.26. The van der Waals surface area contributed by atoms with Gasteiger partial charge in [-0.05, 0) is 49.6 Å². The van der Waals surface area contributed by atoms with E-state index in [1.54, 1.807) is 0 Å². The summed E-state index contributed by atoms with van der Waals surface area (Å²) in [5.41, 5.74) is 9.83. The summed E-state index contributed by atoms with van der Waals surface area (Å²) in [6, 6.07) is 10.2. The molecule has 0 atom stereocenters. The van der Waals surface area contributed by atoms with Gasteiger partial charge in [0, 0.05) is 45.0 Å². The highest BCUT2D eigenvalue weighted by Gasteiger charge is 2.16. The van der Waals surface area contributed by atoms with E-state index in [-0.39, 0.29) is 5.91 Å². The van der Waals surface area contributed by atoms with Crippen LogP contribution in [0.25, 0.3) is 0 Å². The van der Waals surface area contributed by atoms with Crippen molar-refractivity contribution in [3.63, 3.8) is 0 Å². The Hall–Kier alpha value is -2.55. The number of carbonyl (C=O) groups excluding carboxylic acids is 1. The number of pyridine rings is 1. The first kappa shape index (κ1) is 24.1. The first-order valence-corrected chi connectivity index (χ1v) is 11.9. The van der Waals surface area contributed by atoms with E-state index < -0.39 is 0 Å². The molecule has 0 aliphatic carbocycles. The second-order valence-electron chi connectivity index (χ2n) is 7.62. The molecule has 32 heavy (non-hydrogen) atoms. The highest BCUT2D eigenvalue weighted by molar-refractivity contribution is 8.04. The fourth-order valence-electron chi connectivity index (χ4n) is 3.54. The van der Waals surface area contributed by atoms with Crippen molar-refractivity contribution in [3.05, 3.63) is 58.6 Å². The van der Waals surface area contributed by atoms with Gasteiger partial charge in [0.2, 0.25) is 0 Å². The number of thioether (sulfide) groups is 1. The van der Waals surface area contributed by atoms with Gasteiger partial charge in [0.1, 0.15) is 10.8 Å². The van der Waals surface area contributed by atoms with Gasteiger partial charge in [-0.3, -0.25) is 4.79 Å². The molecule has 1 aliphatic heterocycles. The van der Waals surface area contributed by atoms with Gasteiger partial charge in [0.05, 0.1) is 17.2 Å². The molecule has 0 spiro atoms. The van der Waals surface area contributed by atoms with Gasteiger partial charge in [-0.25, -0.2) is 4.98 Å². The lowest BCUT2D eigenvalue weighted by molar-refractivity contribution is -0.116. The summed E-state index contributed by atoms with van der Waals surface area (Å²) in [6.07, 6.45) is 0.711. The zero-order chi connectivity index (χ0) is 22.9. The minimum atomic E-state index is -0.191. The van der Waals surface area contributed by atoms with E-state index in [2.05, 4.69) is 45.3 Å². The minimum Gasteiger partial charge on any atom is -0.492 e. The van der Waals surface area contributed by atoms with Crippen molar-refractivity contribution < 1.29 is 9.53 Å². The summed E-state index contributed by atoms with van der Waals surface area (Å²) in [4.78, 5) is 19.8. The molecule has 1 aromatic carbocycles. The number of anilines is 1. The third-order valence-corrected chi connectivity index (χ3v) is 6.23. The number of benzene rings is 1. The Bertz CT molecular complexity index is 944. The molecule has 4 N–H and O–H groups in total. The normalized spacial score (nSPS) is 13.7. The third-order valence-electron chi connectivity index (χ3n) is 5.25. The number of amides is 1. The molecule has 0 radical (unpaired) electrons. The van der Waals surface area contributed by atoms with Gasteiger partial charge in [-0.2, -0.15) is 0 Å². The van der Waals surface area contributed by atoms with Crippen molar-refractivity contribution in [3.8, 4) is 5.75 Å². The first-order chi connectivity index (χ1) is 15.5. The van der Waals surface area contributed by atoms with E-state index in [0.29, 0.717) is 31.0 Å². The van der Waals surface area contributed by atoms with Gasteiger partial charge in [-0.1, -0.05) is 30.5 Å². The lowest BCUT2D eigenvalue weighted by atomic mass is 10.1. The van der Waals surface area contributed by atoms with E-state index in [4.69, 9.17) is 10.5 Å². The van der Waals surface area contributed by atoms with Crippen LogP contribution >= 0.6 is 11.8 Å². The average molecular weight is 456 g/mol. The molecule has 1 amide bonds. The molecule has 2 aromatic rings. The molecular weight excluding hydrogens is 422 g/mol. The SMILES string of the molecule is C=C(Sc1nc(C)ccc1CN)C(=O)NCCc1ccc(N2CCNCC2)c(OCC)c1. The Balaban J connectivity index is 1.56. The molecule has 1 aliphatic rings. The Morgan fingerprint density at radius 2 is 2.09 bits per heavy atom. The molecule has 8 heteroatoms. The van der Waals surface area contributed by atoms with Crippen LogP contribution in [0.2, 0.25) is 0 Å². The third kappa shape index (κ3) is 6.48. The number of rotatable bonds is 10. The highest BCUT2D eigenvalue weighted by atomic mass is 32.2. The minimum absolute atomic E-state index is 0.191. The summed E-state index contributed by atoms with van der Waals surface area (Å²) in [5.74, 6) is 0.710. The first-order valence-electron chi connectivity index (χ1n) is 11.0. The molecule has 0 saturated carbocycles. The Labute approximate surface area is 194 Å². The average Bonchev–Trinajstić information content (AvgIpc) is 2.80. The van der Waals surface area contributed by atoms with Gasteiger partial charge < -0.3 is 26.0 Å². The monoisotopic (exact) mass is 455 g/mol. The van der Waals surface area contributed by atoms with Crippen LogP contribution in [0.3, 0.4) is 0 Å². The van der Waals surface area contributed by atoms with Gasteiger partial charge in [0.25, 0.3) is 5.91 Å². The number of piperazine rings is 1. The topological polar surface area (TPSA) is 92.5 Å². The molecule has 172 valence electrons. The summed E-state index contributed by atoms with van der Waals surface area (Å²) in [7, 11) is 0. The fraction of sp³-hybridized carbons (Fsp3) is 0.417. The van der Waals surface area contributed by atoms with Crippen LogP contribution in [0.15, 0.2) is 46.8 Å². The zero-order valence-electron chi connectivity index (χ0n) is 18.9. The van der Waals surface area contributed by atoms with E-state index in [1.165, 1.54) is 11.8 Å². The van der Waals surface area contributed by atoms with Crippen LogP contribution in [-0.2, 0) is 17.8 Å². The molecule has 7 nitrogen and oxygen atoms in total. The number of nitrogens with zero attached hydrogens (tertiary/aromatic N) is 2. The van der Waals surface area contributed by atoms with E-state index in [1.807, 2.05) is 26.0 Å². The van der Waals surface area contributed by atoms with Gasteiger partial charge >= 0.3 is 0 Å². The number of hydrogen-bond acceptors (Lipinski definition) is 7. The van der Waals surface area contributed by atoms with Gasteiger partial charge in [0.15, 0.2) is 0 Å². The van der Waals surface area contributed by atoms with Crippen molar-refractivity contribution in [1.29, 1.82) is 0 Å². The van der Waals surface area contributed by atoms with E-state index >= 15 is 0 Å². The van der Waals surface area contributed by atoms with Crippen LogP contribution in [0.1, 0.15) is 23.7 Å². The Morgan fingerprint density at radius 1 is 1.31 bits per heavy atom. The molecule has 3 rings (SSSR count). The molecule has 1 saturated heterocycles. The molecular formula is C24H33N5O2S.